The van der Waals surface area contributed by atoms with Gasteiger partial charge in [-0.15, -0.1) is 0 Å². The first-order valence-corrected chi connectivity index (χ1v) is 5.91. The van der Waals surface area contributed by atoms with E-state index in [9.17, 15) is 4.39 Å². The Bertz CT molecular complexity index is 467. The second-order valence-electron chi connectivity index (χ2n) is 3.76. The van der Waals surface area contributed by atoms with Crippen LogP contribution in [0.3, 0.4) is 0 Å². The van der Waals surface area contributed by atoms with Gasteiger partial charge in [0, 0.05) is 4.47 Å². The van der Waals surface area contributed by atoms with Gasteiger partial charge in [0.25, 0.3) is 0 Å². The van der Waals surface area contributed by atoms with Crippen LogP contribution >= 0.6 is 15.9 Å². The largest absolute Gasteiger partial charge is 0.472 e. The Morgan fingerprint density at radius 2 is 2.24 bits per heavy atom. The van der Waals surface area contributed by atoms with Crippen molar-refractivity contribution in [3.05, 3.63) is 58.2 Å². The van der Waals surface area contributed by atoms with Gasteiger partial charge in [0.1, 0.15) is 5.82 Å². The smallest absolute Gasteiger partial charge is 0.124 e. The van der Waals surface area contributed by atoms with Crippen molar-refractivity contribution in [1.82, 2.24) is 5.43 Å². The van der Waals surface area contributed by atoms with Crippen LogP contribution in [0.1, 0.15) is 17.2 Å². The SMILES string of the molecule is NNC(Cc1ccoc1)c1cc(F)cc(Br)c1. The van der Waals surface area contributed by atoms with Gasteiger partial charge in [0.15, 0.2) is 0 Å². The van der Waals surface area contributed by atoms with Crippen LogP contribution in [0.25, 0.3) is 0 Å². The van der Waals surface area contributed by atoms with Crippen LogP contribution in [0.2, 0.25) is 0 Å². The van der Waals surface area contributed by atoms with Crippen molar-refractivity contribution in [2.45, 2.75) is 12.5 Å². The molecular formula is C12H12BrFN2O. The van der Waals surface area contributed by atoms with Crippen molar-refractivity contribution in [1.29, 1.82) is 0 Å². The lowest BCUT2D eigenvalue weighted by molar-refractivity contribution is 0.531. The number of nitrogens with two attached hydrogens (primary N) is 1. The Morgan fingerprint density at radius 1 is 1.41 bits per heavy atom. The van der Waals surface area contributed by atoms with Gasteiger partial charge in [-0.25, -0.2) is 4.39 Å². The number of nitrogens with one attached hydrogen (secondary N) is 1. The second kappa shape index (κ2) is 5.44. The van der Waals surface area contributed by atoms with E-state index in [1.54, 1.807) is 12.5 Å². The van der Waals surface area contributed by atoms with E-state index in [0.717, 1.165) is 11.1 Å². The van der Waals surface area contributed by atoms with Gasteiger partial charge in [-0.1, -0.05) is 15.9 Å². The number of hydrogen-bond donors (Lipinski definition) is 2. The van der Waals surface area contributed by atoms with E-state index in [1.807, 2.05) is 12.1 Å². The number of benzene rings is 1. The lowest BCUT2D eigenvalue weighted by Crippen LogP contribution is -2.29. The fourth-order valence-electron chi connectivity index (χ4n) is 1.69. The van der Waals surface area contributed by atoms with Crippen molar-refractivity contribution in [2.24, 2.45) is 5.84 Å². The van der Waals surface area contributed by atoms with Crippen molar-refractivity contribution >= 4 is 15.9 Å². The number of hydrazine groups is 1. The second-order valence-corrected chi connectivity index (χ2v) is 4.67. The molecule has 0 radical (unpaired) electrons. The van der Waals surface area contributed by atoms with Crippen LogP contribution in [0.15, 0.2) is 45.7 Å². The summed E-state index contributed by atoms with van der Waals surface area (Å²) in [6.07, 6.45) is 3.89. The summed E-state index contributed by atoms with van der Waals surface area (Å²) in [5, 5.41) is 0. The highest BCUT2D eigenvalue weighted by Crippen LogP contribution is 2.23. The van der Waals surface area contributed by atoms with E-state index in [1.165, 1.54) is 12.1 Å². The quantitative estimate of drug-likeness (QED) is 0.674. The Morgan fingerprint density at radius 3 is 2.82 bits per heavy atom. The number of hydrogen-bond acceptors (Lipinski definition) is 3. The summed E-state index contributed by atoms with van der Waals surface area (Å²) < 4.78 is 19.0. The first-order chi connectivity index (χ1) is 8.19. The van der Waals surface area contributed by atoms with Crippen molar-refractivity contribution < 1.29 is 8.81 Å². The molecule has 0 bridgehead atoms. The molecule has 0 saturated heterocycles. The normalized spacial score (nSPS) is 12.6. The maximum atomic E-state index is 13.3. The molecule has 0 aliphatic rings. The van der Waals surface area contributed by atoms with Gasteiger partial charge in [0.2, 0.25) is 0 Å². The van der Waals surface area contributed by atoms with Crippen LogP contribution in [0.4, 0.5) is 4.39 Å². The Hall–Kier alpha value is -1.17. The molecule has 0 aliphatic heterocycles. The number of halogens is 2. The average molecular weight is 299 g/mol. The summed E-state index contributed by atoms with van der Waals surface area (Å²) in [7, 11) is 0. The van der Waals surface area contributed by atoms with Crippen LogP contribution in [-0.4, -0.2) is 0 Å². The Balaban J connectivity index is 2.22. The molecule has 5 heteroatoms. The highest BCUT2D eigenvalue weighted by molar-refractivity contribution is 9.10. The molecule has 17 heavy (non-hydrogen) atoms. The van der Waals surface area contributed by atoms with Crippen molar-refractivity contribution in [2.75, 3.05) is 0 Å². The summed E-state index contributed by atoms with van der Waals surface area (Å²) in [6.45, 7) is 0. The fraction of sp³-hybridized carbons (Fsp3) is 0.167. The van der Waals surface area contributed by atoms with Crippen molar-refractivity contribution in [3.8, 4) is 0 Å². The minimum Gasteiger partial charge on any atom is -0.472 e. The summed E-state index contributed by atoms with van der Waals surface area (Å²) in [5.74, 6) is 5.21. The van der Waals surface area contributed by atoms with Gasteiger partial charge in [0.05, 0.1) is 18.6 Å². The molecule has 2 rings (SSSR count). The summed E-state index contributed by atoms with van der Waals surface area (Å²) >= 11 is 3.26. The third kappa shape index (κ3) is 3.15. The van der Waals surface area contributed by atoms with Crippen LogP contribution in [0, 0.1) is 5.82 Å². The highest BCUT2D eigenvalue weighted by Gasteiger charge is 2.13. The van der Waals surface area contributed by atoms with Crippen LogP contribution in [0.5, 0.6) is 0 Å². The van der Waals surface area contributed by atoms with E-state index < -0.39 is 0 Å². The van der Waals surface area contributed by atoms with Crippen LogP contribution < -0.4 is 11.3 Å². The van der Waals surface area contributed by atoms with E-state index in [0.29, 0.717) is 10.9 Å². The van der Waals surface area contributed by atoms with Gasteiger partial charge in [-0.05, 0) is 41.8 Å². The summed E-state index contributed by atoms with van der Waals surface area (Å²) in [6, 6.07) is 6.43. The standard InChI is InChI=1S/C12H12BrFN2O/c13-10-4-9(5-11(14)6-10)12(16-15)3-8-1-2-17-7-8/h1-2,4-7,12,16H,3,15H2. The minimum atomic E-state index is -0.290. The average Bonchev–Trinajstić information content (AvgIpc) is 2.77. The zero-order valence-electron chi connectivity index (χ0n) is 8.99. The highest BCUT2D eigenvalue weighted by atomic mass is 79.9. The molecule has 1 heterocycles. The van der Waals surface area contributed by atoms with Gasteiger partial charge >= 0.3 is 0 Å². The topological polar surface area (TPSA) is 51.2 Å². The molecule has 1 atom stereocenters. The zero-order chi connectivity index (χ0) is 12.3. The Labute approximate surface area is 107 Å². The molecule has 0 amide bonds. The predicted octanol–water partition coefficient (Wildman–Crippen LogP) is 2.93. The summed E-state index contributed by atoms with van der Waals surface area (Å²) in [5.41, 5.74) is 4.48. The molecule has 1 aromatic carbocycles. The van der Waals surface area contributed by atoms with Gasteiger partial charge in [-0.2, -0.15) is 0 Å². The van der Waals surface area contributed by atoms with Crippen molar-refractivity contribution in [3.63, 3.8) is 0 Å². The first kappa shape index (κ1) is 12.3. The van der Waals surface area contributed by atoms with E-state index in [-0.39, 0.29) is 11.9 Å². The maximum absolute atomic E-state index is 13.3. The van der Waals surface area contributed by atoms with Crippen LogP contribution in [-0.2, 0) is 6.42 Å². The third-order valence-corrected chi connectivity index (χ3v) is 2.97. The predicted molar refractivity (Wildman–Crippen MR) is 66.6 cm³/mol. The molecule has 0 aliphatic carbocycles. The third-order valence-electron chi connectivity index (χ3n) is 2.51. The minimum absolute atomic E-state index is 0.153. The van der Waals surface area contributed by atoms with E-state index in [2.05, 4.69) is 21.4 Å². The molecule has 0 fully saturated rings. The fourth-order valence-corrected chi connectivity index (χ4v) is 2.18. The van der Waals surface area contributed by atoms with E-state index in [4.69, 9.17) is 10.3 Å². The zero-order valence-corrected chi connectivity index (χ0v) is 10.6. The first-order valence-electron chi connectivity index (χ1n) is 5.12. The van der Waals surface area contributed by atoms with Gasteiger partial charge in [-0.3, -0.25) is 11.3 Å². The summed E-state index contributed by atoms with van der Waals surface area (Å²) in [4.78, 5) is 0. The number of rotatable bonds is 4. The molecule has 0 saturated carbocycles. The molecule has 2 aromatic rings. The monoisotopic (exact) mass is 298 g/mol. The molecular weight excluding hydrogens is 287 g/mol. The van der Waals surface area contributed by atoms with Gasteiger partial charge < -0.3 is 4.42 Å². The molecule has 0 spiro atoms. The Kier molecular flexibility index (Phi) is 3.93. The molecule has 90 valence electrons. The number of furan rings is 1. The lowest BCUT2D eigenvalue weighted by Gasteiger charge is -2.15. The molecule has 1 unspecified atom stereocenters. The van der Waals surface area contributed by atoms with E-state index >= 15 is 0 Å². The lowest BCUT2D eigenvalue weighted by atomic mass is 10.0. The molecule has 1 aromatic heterocycles. The molecule has 3 nitrogen and oxygen atoms in total. The molecule has 3 N–H and O–H groups in total. The maximum Gasteiger partial charge on any atom is 0.124 e.